The van der Waals surface area contributed by atoms with Crippen LogP contribution in [-0.4, -0.2) is 16.9 Å². The summed E-state index contributed by atoms with van der Waals surface area (Å²) in [6.07, 6.45) is -1.12. The first kappa shape index (κ1) is 12.5. The van der Waals surface area contributed by atoms with Crippen molar-refractivity contribution in [2.45, 2.75) is 0 Å². The topological polar surface area (TPSA) is 123 Å². The van der Waals surface area contributed by atoms with E-state index < -0.39 is 24.5 Å². The summed E-state index contributed by atoms with van der Waals surface area (Å²) in [5.74, 6) is -0.872. The normalized spacial score (nSPS) is 11.1. The van der Waals surface area contributed by atoms with Crippen molar-refractivity contribution in [2.24, 2.45) is 0 Å². The zero-order valence-corrected chi connectivity index (χ0v) is 8.75. The highest BCUT2D eigenvalue weighted by molar-refractivity contribution is 7.49. The van der Waals surface area contributed by atoms with Crippen LogP contribution >= 0.6 is 7.60 Å². The van der Waals surface area contributed by atoms with Gasteiger partial charge >= 0.3 is 0 Å². The molecule has 86 valence electrons. The third-order valence-corrected chi connectivity index (χ3v) is 2.41. The van der Waals surface area contributed by atoms with Crippen molar-refractivity contribution in [1.82, 2.24) is 0 Å². The van der Waals surface area contributed by atoms with Crippen LogP contribution in [0.15, 0.2) is 24.3 Å². The summed E-state index contributed by atoms with van der Waals surface area (Å²) < 4.78 is 10.3. The van der Waals surface area contributed by atoms with E-state index in [4.69, 9.17) is 0 Å². The van der Waals surface area contributed by atoms with E-state index in [1.165, 1.54) is 0 Å². The minimum Gasteiger partial charge on any atom is -0.810 e. The number of nitro groups is 1. The first-order valence-corrected chi connectivity index (χ1v) is 5.81. The van der Waals surface area contributed by atoms with Crippen molar-refractivity contribution >= 4 is 19.1 Å². The van der Waals surface area contributed by atoms with Crippen molar-refractivity contribution in [3.8, 4) is 0 Å². The lowest BCUT2D eigenvalue weighted by Gasteiger charge is -2.28. The predicted octanol–water partition coefficient (Wildman–Crippen LogP) is -0.309. The van der Waals surface area contributed by atoms with Crippen molar-refractivity contribution in [3.63, 3.8) is 0 Å². The number of hydrogen-bond acceptors (Lipinski definition) is 6. The molecule has 0 aliphatic carbocycles. The number of Topliss-reactive ketones (excluding diaryl/α,β-unsaturated/α-hetero) is 1. The molecule has 16 heavy (non-hydrogen) atoms. The maximum atomic E-state index is 11.2. The molecule has 0 amide bonds. The highest BCUT2D eigenvalue weighted by atomic mass is 31.2. The summed E-state index contributed by atoms with van der Waals surface area (Å²) in [7, 11) is -4.90. The molecule has 0 atom stereocenters. The van der Waals surface area contributed by atoms with Gasteiger partial charge in [0.1, 0.15) is 0 Å². The number of hydrogen-bond donors (Lipinski definition) is 0. The maximum absolute atomic E-state index is 11.2. The molecule has 1 rings (SSSR count). The second-order valence-corrected chi connectivity index (χ2v) is 4.53. The third kappa shape index (κ3) is 3.54. The van der Waals surface area contributed by atoms with E-state index in [1.54, 1.807) is 0 Å². The molecule has 7 nitrogen and oxygen atoms in total. The number of non-ortho nitro benzene ring substituents is 1. The van der Waals surface area contributed by atoms with E-state index in [9.17, 15) is 29.3 Å². The molecule has 0 saturated carbocycles. The molecule has 0 aliphatic rings. The smallest absolute Gasteiger partial charge is 0.269 e. The molecule has 0 fully saturated rings. The molecule has 1 aromatic carbocycles. The largest absolute Gasteiger partial charge is 0.810 e. The minimum absolute atomic E-state index is 0.0440. The van der Waals surface area contributed by atoms with Crippen molar-refractivity contribution < 1.29 is 24.1 Å². The second-order valence-electron chi connectivity index (χ2n) is 3.00. The average Bonchev–Trinajstić information content (AvgIpc) is 2.15. The van der Waals surface area contributed by atoms with Crippen LogP contribution < -0.4 is 9.79 Å². The second kappa shape index (κ2) is 4.52. The number of ketones is 1. The average molecular weight is 243 g/mol. The van der Waals surface area contributed by atoms with Crippen LogP contribution in [0.25, 0.3) is 0 Å². The van der Waals surface area contributed by atoms with Gasteiger partial charge in [-0.3, -0.25) is 14.9 Å². The summed E-state index contributed by atoms with van der Waals surface area (Å²) in [4.78, 5) is 41.5. The minimum atomic E-state index is -4.90. The number of rotatable bonds is 4. The number of carbonyl (C=O) groups excluding carboxylic acids is 1. The van der Waals surface area contributed by atoms with Gasteiger partial charge in [-0.05, 0) is 12.1 Å². The van der Waals surface area contributed by atoms with E-state index in [1.807, 2.05) is 0 Å². The molecule has 0 saturated heterocycles. The molecular weight excluding hydrogens is 237 g/mol. The van der Waals surface area contributed by atoms with Crippen LogP contribution in [0.1, 0.15) is 10.4 Å². The number of nitrogens with zero attached hydrogens (tertiary/aromatic N) is 1. The molecule has 0 bridgehead atoms. The van der Waals surface area contributed by atoms with Gasteiger partial charge in [-0.15, -0.1) is 0 Å². The summed E-state index contributed by atoms with van der Waals surface area (Å²) in [5, 5.41) is 10.3. The Morgan fingerprint density at radius 1 is 1.25 bits per heavy atom. The molecular formula is C8H6NO6P-2. The summed E-state index contributed by atoms with van der Waals surface area (Å²) in [6, 6.07) is 4.34. The zero-order chi connectivity index (χ0) is 12.3. The SMILES string of the molecule is O=C(CP(=O)([O-])[O-])c1ccc([N+](=O)[O-])cc1. The zero-order valence-electron chi connectivity index (χ0n) is 7.86. The molecule has 0 aliphatic heterocycles. The van der Waals surface area contributed by atoms with Crippen molar-refractivity contribution in [2.75, 3.05) is 6.16 Å². The van der Waals surface area contributed by atoms with Gasteiger partial charge in [0, 0.05) is 23.9 Å². The van der Waals surface area contributed by atoms with E-state index in [-0.39, 0.29) is 11.3 Å². The molecule has 0 unspecified atom stereocenters. The summed E-state index contributed by atoms with van der Waals surface area (Å²) in [6.45, 7) is 0. The van der Waals surface area contributed by atoms with Gasteiger partial charge in [0.2, 0.25) is 0 Å². The molecule has 1 aromatic rings. The predicted molar refractivity (Wildman–Crippen MR) is 49.9 cm³/mol. The van der Waals surface area contributed by atoms with Crippen LogP contribution in [0.2, 0.25) is 0 Å². The molecule has 0 radical (unpaired) electrons. The van der Waals surface area contributed by atoms with Crippen LogP contribution in [0.3, 0.4) is 0 Å². The van der Waals surface area contributed by atoms with E-state index in [0.717, 1.165) is 24.3 Å². The summed E-state index contributed by atoms with van der Waals surface area (Å²) in [5.41, 5.74) is -0.262. The molecule has 0 heterocycles. The molecule has 0 aromatic heterocycles. The number of carbonyl (C=O) groups is 1. The van der Waals surface area contributed by atoms with Gasteiger partial charge in [0.15, 0.2) is 5.78 Å². The van der Waals surface area contributed by atoms with Crippen LogP contribution in [-0.2, 0) is 4.57 Å². The van der Waals surface area contributed by atoms with Crippen LogP contribution in [0.5, 0.6) is 0 Å². The first-order chi connectivity index (χ1) is 7.29. The van der Waals surface area contributed by atoms with Crippen LogP contribution in [0, 0.1) is 10.1 Å². The van der Waals surface area contributed by atoms with Crippen LogP contribution in [0.4, 0.5) is 5.69 Å². The van der Waals surface area contributed by atoms with Gasteiger partial charge in [0.05, 0.1) is 4.92 Å². The standard InChI is InChI=1S/C8H8NO6P/c10-8(5-16(13,14)15)6-1-3-7(4-2-6)9(11)12/h1-4H,5H2,(H2,13,14,15)/p-2. The van der Waals surface area contributed by atoms with Gasteiger partial charge in [-0.2, -0.15) is 0 Å². The fourth-order valence-electron chi connectivity index (χ4n) is 1.04. The Morgan fingerprint density at radius 2 is 1.75 bits per heavy atom. The van der Waals surface area contributed by atoms with E-state index >= 15 is 0 Å². The fourth-order valence-corrected chi connectivity index (χ4v) is 1.57. The van der Waals surface area contributed by atoms with Gasteiger partial charge in [-0.1, -0.05) is 7.60 Å². The Bertz CT molecular complexity index is 462. The van der Waals surface area contributed by atoms with Gasteiger partial charge in [-0.25, -0.2) is 0 Å². The Kier molecular flexibility index (Phi) is 3.54. The first-order valence-electron chi connectivity index (χ1n) is 4.08. The fraction of sp³-hybridized carbons (Fsp3) is 0.125. The van der Waals surface area contributed by atoms with E-state index in [2.05, 4.69) is 0 Å². The highest BCUT2D eigenvalue weighted by Gasteiger charge is 2.10. The lowest BCUT2D eigenvalue weighted by Crippen LogP contribution is -2.21. The lowest BCUT2D eigenvalue weighted by atomic mass is 10.1. The number of nitro benzene ring substituents is 1. The Labute approximate surface area is 90.0 Å². The molecule has 8 heteroatoms. The molecule has 0 N–H and O–H groups in total. The monoisotopic (exact) mass is 243 g/mol. The Balaban J connectivity index is 2.86. The maximum Gasteiger partial charge on any atom is 0.269 e. The highest BCUT2D eigenvalue weighted by Crippen LogP contribution is 2.24. The van der Waals surface area contributed by atoms with Crippen molar-refractivity contribution in [1.29, 1.82) is 0 Å². The van der Waals surface area contributed by atoms with Crippen molar-refractivity contribution in [3.05, 3.63) is 39.9 Å². The third-order valence-electron chi connectivity index (χ3n) is 1.74. The Hall–Kier alpha value is -1.56. The summed E-state index contributed by atoms with van der Waals surface area (Å²) >= 11 is 0. The number of benzene rings is 1. The quantitative estimate of drug-likeness (QED) is 0.309. The van der Waals surface area contributed by atoms with Gasteiger partial charge < -0.3 is 14.4 Å². The lowest BCUT2D eigenvalue weighted by molar-refractivity contribution is -0.384. The van der Waals surface area contributed by atoms with Gasteiger partial charge in [0.25, 0.3) is 5.69 Å². The van der Waals surface area contributed by atoms with E-state index in [0.29, 0.717) is 0 Å². The Morgan fingerprint density at radius 3 is 2.12 bits per heavy atom. The molecule has 0 spiro atoms.